The zero-order chi connectivity index (χ0) is 19.2. The molecule has 0 saturated heterocycles. The van der Waals surface area contributed by atoms with Crippen molar-refractivity contribution in [3.63, 3.8) is 0 Å². The van der Waals surface area contributed by atoms with Crippen LogP contribution in [0.15, 0.2) is 18.5 Å². The summed E-state index contributed by atoms with van der Waals surface area (Å²) in [4.78, 5) is 16.9. The predicted octanol–water partition coefficient (Wildman–Crippen LogP) is 3.64. The molecule has 6 nitrogen and oxygen atoms in total. The van der Waals surface area contributed by atoms with E-state index >= 15 is 0 Å². The van der Waals surface area contributed by atoms with Crippen LogP contribution in [0.25, 0.3) is 11.1 Å². The van der Waals surface area contributed by atoms with Crippen molar-refractivity contribution >= 4 is 23.3 Å². The molecular formula is C20H26ClN5O. The minimum absolute atomic E-state index is 0.00714. The number of anilines is 1. The quantitative estimate of drug-likeness (QED) is 0.841. The zero-order valence-corrected chi connectivity index (χ0v) is 16.6. The summed E-state index contributed by atoms with van der Waals surface area (Å²) < 4.78 is 2.05. The Bertz CT molecular complexity index is 875. The first kappa shape index (κ1) is 18.4. The Labute approximate surface area is 164 Å². The molecule has 0 bridgehead atoms. The summed E-state index contributed by atoms with van der Waals surface area (Å²) in [6.07, 6.45) is 8.01. The number of carbonyl (C=O) groups is 1. The molecule has 1 amide bonds. The van der Waals surface area contributed by atoms with Gasteiger partial charge in [-0.2, -0.15) is 5.10 Å². The van der Waals surface area contributed by atoms with Crippen molar-refractivity contribution in [3.05, 3.63) is 29.2 Å². The van der Waals surface area contributed by atoms with Gasteiger partial charge in [0.2, 0.25) is 5.91 Å². The Kier molecular flexibility index (Phi) is 4.72. The van der Waals surface area contributed by atoms with Crippen LogP contribution >= 0.6 is 11.6 Å². The highest BCUT2D eigenvalue weighted by molar-refractivity contribution is 6.33. The molecular weight excluding hydrogens is 362 g/mol. The van der Waals surface area contributed by atoms with Crippen LogP contribution in [0.1, 0.15) is 45.2 Å². The molecule has 1 fully saturated rings. The molecule has 0 radical (unpaired) electrons. The van der Waals surface area contributed by atoms with Gasteiger partial charge in [0.1, 0.15) is 5.82 Å². The Morgan fingerprint density at radius 3 is 2.93 bits per heavy atom. The second kappa shape index (κ2) is 6.91. The lowest BCUT2D eigenvalue weighted by molar-refractivity contribution is -0.120. The van der Waals surface area contributed by atoms with Crippen molar-refractivity contribution in [2.24, 2.45) is 17.1 Å². The van der Waals surface area contributed by atoms with Crippen LogP contribution in [-0.2, 0) is 17.8 Å². The minimum atomic E-state index is -0.0455. The number of amides is 1. The second-order valence-electron chi connectivity index (χ2n) is 8.67. The van der Waals surface area contributed by atoms with E-state index < -0.39 is 0 Å². The molecule has 2 atom stereocenters. The third kappa shape index (κ3) is 3.73. The monoisotopic (exact) mass is 387 g/mol. The van der Waals surface area contributed by atoms with E-state index in [9.17, 15) is 4.79 Å². The normalized spacial score (nSPS) is 23.9. The third-order valence-electron chi connectivity index (χ3n) is 5.65. The van der Waals surface area contributed by atoms with Crippen molar-refractivity contribution in [3.8, 4) is 11.1 Å². The van der Waals surface area contributed by atoms with Gasteiger partial charge in [-0.25, -0.2) is 4.98 Å². The van der Waals surface area contributed by atoms with Crippen molar-refractivity contribution in [1.82, 2.24) is 14.8 Å². The molecule has 2 aliphatic rings. The lowest BCUT2D eigenvalue weighted by Crippen LogP contribution is -2.34. The fourth-order valence-corrected chi connectivity index (χ4v) is 4.49. The SMILES string of the molecule is CC1(C)Cc2c(-c3cc(NC(=O)C4CCCC(N)C4)ncc3Cl)cnn2C1. The molecule has 1 aliphatic carbocycles. The van der Waals surface area contributed by atoms with Crippen LogP contribution in [0.5, 0.6) is 0 Å². The first-order valence-corrected chi connectivity index (χ1v) is 9.97. The maximum absolute atomic E-state index is 12.6. The van der Waals surface area contributed by atoms with E-state index in [0.29, 0.717) is 10.8 Å². The summed E-state index contributed by atoms with van der Waals surface area (Å²) in [5.74, 6) is 0.471. The molecule has 1 saturated carbocycles. The number of nitrogens with zero attached hydrogens (tertiary/aromatic N) is 3. The van der Waals surface area contributed by atoms with Gasteiger partial charge in [-0.1, -0.05) is 31.9 Å². The van der Waals surface area contributed by atoms with Crippen molar-refractivity contribution in [2.45, 2.75) is 58.5 Å². The molecule has 1 aliphatic heterocycles. The largest absolute Gasteiger partial charge is 0.328 e. The van der Waals surface area contributed by atoms with Gasteiger partial charge >= 0.3 is 0 Å². The van der Waals surface area contributed by atoms with Crippen LogP contribution in [0.4, 0.5) is 5.82 Å². The van der Waals surface area contributed by atoms with E-state index in [2.05, 4.69) is 29.2 Å². The Morgan fingerprint density at radius 1 is 1.33 bits per heavy atom. The number of aromatic nitrogens is 3. The number of rotatable bonds is 3. The topological polar surface area (TPSA) is 85.8 Å². The second-order valence-corrected chi connectivity index (χ2v) is 9.07. The molecule has 7 heteroatoms. The van der Waals surface area contributed by atoms with E-state index in [1.54, 1.807) is 6.20 Å². The molecule has 2 aromatic rings. The number of halogens is 1. The van der Waals surface area contributed by atoms with E-state index in [-0.39, 0.29) is 23.3 Å². The third-order valence-corrected chi connectivity index (χ3v) is 5.96. The van der Waals surface area contributed by atoms with Gasteiger partial charge in [-0.15, -0.1) is 0 Å². The lowest BCUT2D eigenvalue weighted by atomic mass is 9.85. The predicted molar refractivity (Wildman–Crippen MR) is 107 cm³/mol. The van der Waals surface area contributed by atoms with Crippen LogP contribution < -0.4 is 11.1 Å². The van der Waals surface area contributed by atoms with Crippen LogP contribution in [0.2, 0.25) is 5.02 Å². The number of hydrogen-bond acceptors (Lipinski definition) is 4. The fourth-order valence-electron chi connectivity index (χ4n) is 4.28. The van der Waals surface area contributed by atoms with E-state index in [1.807, 2.05) is 16.9 Å². The van der Waals surface area contributed by atoms with Crippen molar-refractivity contribution in [2.75, 3.05) is 5.32 Å². The van der Waals surface area contributed by atoms with E-state index in [0.717, 1.165) is 49.8 Å². The zero-order valence-electron chi connectivity index (χ0n) is 15.8. The number of hydrogen-bond donors (Lipinski definition) is 2. The number of nitrogens with two attached hydrogens (primary N) is 1. The van der Waals surface area contributed by atoms with Crippen molar-refractivity contribution < 1.29 is 4.79 Å². The number of nitrogens with one attached hydrogen (secondary N) is 1. The van der Waals surface area contributed by atoms with E-state index in [4.69, 9.17) is 17.3 Å². The minimum Gasteiger partial charge on any atom is -0.328 e. The molecule has 3 N–H and O–H groups in total. The lowest BCUT2D eigenvalue weighted by Gasteiger charge is -2.25. The highest BCUT2D eigenvalue weighted by Crippen LogP contribution is 2.39. The molecule has 3 heterocycles. The van der Waals surface area contributed by atoms with Crippen molar-refractivity contribution in [1.29, 1.82) is 0 Å². The summed E-state index contributed by atoms with van der Waals surface area (Å²) in [6, 6.07) is 1.97. The standard InChI is InChI=1S/C20H26ClN5O/c1-20(2)8-17-15(9-24-26(17)11-20)14-7-18(23-10-16(14)21)25-19(27)12-4-3-5-13(22)6-12/h7,9-10,12-13H,3-6,8,11,22H2,1-2H3,(H,23,25,27). The molecule has 144 valence electrons. The van der Waals surface area contributed by atoms with Gasteiger partial charge in [0.05, 0.1) is 11.2 Å². The van der Waals surface area contributed by atoms with Crippen LogP contribution in [-0.4, -0.2) is 26.7 Å². The summed E-state index contributed by atoms with van der Waals surface area (Å²) in [5.41, 5.74) is 9.27. The Hall–Kier alpha value is -1.92. The first-order chi connectivity index (χ1) is 12.8. The van der Waals surface area contributed by atoms with Crippen LogP contribution in [0.3, 0.4) is 0 Å². The Balaban J connectivity index is 1.57. The molecule has 27 heavy (non-hydrogen) atoms. The maximum atomic E-state index is 12.6. The summed E-state index contributed by atoms with van der Waals surface area (Å²) in [6.45, 7) is 5.37. The molecule has 0 aromatic carbocycles. The Morgan fingerprint density at radius 2 is 2.15 bits per heavy atom. The first-order valence-electron chi connectivity index (χ1n) is 9.59. The number of pyridine rings is 1. The van der Waals surface area contributed by atoms with Gasteiger partial charge < -0.3 is 11.1 Å². The number of fused-ring (bicyclic) bond motifs is 1. The summed E-state index contributed by atoms with van der Waals surface area (Å²) >= 11 is 6.44. The summed E-state index contributed by atoms with van der Waals surface area (Å²) in [7, 11) is 0. The highest BCUT2D eigenvalue weighted by Gasteiger charge is 2.32. The summed E-state index contributed by atoms with van der Waals surface area (Å²) in [5, 5.41) is 8.04. The number of carbonyl (C=O) groups excluding carboxylic acids is 1. The van der Waals surface area contributed by atoms with Gasteiger partial charge in [0.15, 0.2) is 0 Å². The van der Waals surface area contributed by atoms with Gasteiger partial charge in [-0.05, 0) is 37.2 Å². The van der Waals surface area contributed by atoms with E-state index in [1.165, 1.54) is 5.69 Å². The molecule has 2 unspecified atom stereocenters. The fraction of sp³-hybridized carbons (Fsp3) is 0.550. The highest BCUT2D eigenvalue weighted by atomic mass is 35.5. The van der Waals surface area contributed by atoms with Gasteiger partial charge in [0, 0.05) is 41.5 Å². The maximum Gasteiger partial charge on any atom is 0.228 e. The molecule has 2 aromatic heterocycles. The molecule has 4 rings (SSSR count). The molecule has 0 spiro atoms. The van der Waals surface area contributed by atoms with Gasteiger partial charge in [0.25, 0.3) is 0 Å². The van der Waals surface area contributed by atoms with Crippen LogP contribution in [0, 0.1) is 11.3 Å². The van der Waals surface area contributed by atoms with Gasteiger partial charge in [-0.3, -0.25) is 9.48 Å². The average Bonchev–Trinajstić information content (AvgIpc) is 3.11. The average molecular weight is 388 g/mol. The smallest absolute Gasteiger partial charge is 0.228 e.